The van der Waals surface area contributed by atoms with Crippen LogP contribution < -0.4 is 0 Å². The highest BCUT2D eigenvalue weighted by Crippen LogP contribution is 2.18. The van der Waals surface area contributed by atoms with Gasteiger partial charge in [-0.3, -0.25) is 4.90 Å². The smallest absolute Gasteiger partial charge is 0.127 e. The van der Waals surface area contributed by atoms with Crippen molar-refractivity contribution >= 4 is 11.6 Å². The van der Waals surface area contributed by atoms with Gasteiger partial charge < -0.3 is 9.84 Å². The summed E-state index contributed by atoms with van der Waals surface area (Å²) in [5, 5.41) is 9.56. The van der Waals surface area contributed by atoms with Crippen LogP contribution >= 0.6 is 11.6 Å². The number of ether oxygens (including phenoxy) is 1. The lowest BCUT2D eigenvalue weighted by Gasteiger charge is -2.32. The summed E-state index contributed by atoms with van der Waals surface area (Å²) in [4.78, 5) is 2.05. The molecule has 94 valence electrons. The number of nitrogens with zero attached hydrogens (tertiary/aromatic N) is 1. The van der Waals surface area contributed by atoms with E-state index in [1.807, 2.05) is 0 Å². The van der Waals surface area contributed by atoms with Crippen molar-refractivity contribution in [3.05, 3.63) is 34.6 Å². The highest BCUT2D eigenvalue weighted by molar-refractivity contribution is 6.30. The topological polar surface area (TPSA) is 32.7 Å². The summed E-state index contributed by atoms with van der Waals surface area (Å²) in [5.41, 5.74) is 0.580. The lowest BCUT2D eigenvalue weighted by molar-refractivity contribution is -0.0553. The van der Waals surface area contributed by atoms with Gasteiger partial charge in [0.1, 0.15) is 5.82 Å². The molecule has 1 aliphatic heterocycles. The first-order chi connectivity index (χ1) is 8.19. The Hall–Kier alpha value is -0.680. The number of morpholine rings is 1. The van der Waals surface area contributed by atoms with Crippen LogP contribution in [0.1, 0.15) is 5.56 Å². The van der Waals surface area contributed by atoms with E-state index in [-0.39, 0.29) is 18.5 Å². The van der Waals surface area contributed by atoms with Crippen molar-refractivity contribution in [2.45, 2.75) is 12.6 Å². The molecule has 1 fully saturated rings. The number of benzene rings is 1. The van der Waals surface area contributed by atoms with Gasteiger partial charge in [-0.1, -0.05) is 11.6 Å². The summed E-state index contributed by atoms with van der Waals surface area (Å²) in [6.45, 7) is 2.40. The Labute approximate surface area is 105 Å². The second kappa shape index (κ2) is 5.78. The van der Waals surface area contributed by atoms with Crippen molar-refractivity contribution in [1.82, 2.24) is 4.90 Å². The number of rotatable bonds is 3. The van der Waals surface area contributed by atoms with Crippen molar-refractivity contribution in [2.75, 3.05) is 26.3 Å². The normalized spacial score (nSPS) is 21.7. The molecule has 17 heavy (non-hydrogen) atoms. The monoisotopic (exact) mass is 259 g/mol. The largest absolute Gasteiger partial charge is 0.394 e. The van der Waals surface area contributed by atoms with Crippen LogP contribution in [0.4, 0.5) is 4.39 Å². The van der Waals surface area contributed by atoms with E-state index in [1.165, 1.54) is 12.1 Å². The van der Waals surface area contributed by atoms with E-state index < -0.39 is 0 Å². The van der Waals surface area contributed by atoms with Crippen LogP contribution in [0.5, 0.6) is 0 Å². The van der Waals surface area contributed by atoms with E-state index in [0.717, 1.165) is 6.54 Å². The molecular weight excluding hydrogens is 245 g/mol. The molecule has 1 atom stereocenters. The van der Waals surface area contributed by atoms with Gasteiger partial charge in [-0.15, -0.1) is 0 Å². The third-order valence-corrected chi connectivity index (χ3v) is 3.06. The van der Waals surface area contributed by atoms with Crippen molar-refractivity contribution in [1.29, 1.82) is 0 Å². The predicted octanol–water partition coefficient (Wildman–Crippen LogP) is 1.67. The highest BCUT2D eigenvalue weighted by Gasteiger charge is 2.20. The average Bonchev–Trinajstić information content (AvgIpc) is 2.34. The molecule has 1 aromatic carbocycles. The van der Waals surface area contributed by atoms with E-state index in [1.54, 1.807) is 6.07 Å². The Kier molecular flexibility index (Phi) is 4.34. The third-order valence-electron chi connectivity index (χ3n) is 2.83. The molecule has 1 unspecified atom stereocenters. The zero-order valence-electron chi connectivity index (χ0n) is 9.40. The first-order valence-corrected chi connectivity index (χ1v) is 5.95. The number of aliphatic hydroxyl groups is 1. The summed E-state index contributed by atoms with van der Waals surface area (Å²) in [6, 6.07) is 4.55. The van der Waals surface area contributed by atoms with Crippen LogP contribution in [-0.4, -0.2) is 42.4 Å². The first-order valence-electron chi connectivity index (χ1n) is 5.58. The van der Waals surface area contributed by atoms with E-state index >= 15 is 0 Å². The lowest BCUT2D eigenvalue weighted by atomic mass is 10.2. The van der Waals surface area contributed by atoms with Crippen LogP contribution in [0, 0.1) is 5.82 Å². The van der Waals surface area contributed by atoms with Crippen LogP contribution in [0.15, 0.2) is 18.2 Å². The van der Waals surface area contributed by atoms with E-state index in [2.05, 4.69) is 4.90 Å². The molecule has 0 amide bonds. The maximum Gasteiger partial charge on any atom is 0.127 e. The molecule has 1 aromatic rings. The second-order valence-electron chi connectivity index (χ2n) is 4.15. The minimum absolute atomic E-state index is 0.00543. The Morgan fingerprint density at radius 1 is 1.53 bits per heavy atom. The van der Waals surface area contributed by atoms with Gasteiger partial charge in [0.2, 0.25) is 0 Å². The minimum Gasteiger partial charge on any atom is -0.394 e. The molecule has 0 saturated carbocycles. The molecule has 1 N–H and O–H groups in total. The van der Waals surface area contributed by atoms with Gasteiger partial charge in [-0.05, 0) is 18.2 Å². The number of halogens is 2. The van der Waals surface area contributed by atoms with Gasteiger partial charge in [0.05, 0.1) is 19.3 Å². The van der Waals surface area contributed by atoms with Gasteiger partial charge >= 0.3 is 0 Å². The van der Waals surface area contributed by atoms with Gasteiger partial charge in [0.25, 0.3) is 0 Å². The third kappa shape index (κ3) is 3.39. The molecule has 0 spiro atoms. The Balaban J connectivity index is 2.02. The average molecular weight is 260 g/mol. The summed E-state index contributed by atoms with van der Waals surface area (Å²) < 4.78 is 18.9. The quantitative estimate of drug-likeness (QED) is 0.896. The molecule has 1 aliphatic rings. The van der Waals surface area contributed by atoms with Gasteiger partial charge in [0.15, 0.2) is 0 Å². The predicted molar refractivity (Wildman–Crippen MR) is 63.5 cm³/mol. The molecule has 1 saturated heterocycles. The fourth-order valence-corrected chi connectivity index (χ4v) is 2.13. The Morgan fingerprint density at radius 2 is 2.35 bits per heavy atom. The van der Waals surface area contributed by atoms with Crippen molar-refractivity contribution in [3.8, 4) is 0 Å². The van der Waals surface area contributed by atoms with E-state index in [0.29, 0.717) is 30.3 Å². The fourth-order valence-electron chi connectivity index (χ4n) is 1.94. The zero-order chi connectivity index (χ0) is 12.3. The fraction of sp³-hybridized carbons (Fsp3) is 0.500. The molecule has 3 nitrogen and oxygen atoms in total. The lowest BCUT2D eigenvalue weighted by Crippen LogP contribution is -2.43. The maximum absolute atomic E-state index is 13.5. The van der Waals surface area contributed by atoms with Crippen molar-refractivity contribution in [3.63, 3.8) is 0 Å². The van der Waals surface area contributed by atoms with Crippen molar-refractivity contribution in [2.24, 2.45) is 0 Å². The molecule has 2 rings (SSSR count). The molecule has 0 radical (unpaired) electrons. The van der Waals surface area contributed by atoms with Gasteiger partial charge in [-0.25, -0.2) is 4.39 Å². The SMILES string of the molecule is OCC1CN(Cc2cc(Cl)ccc2F)CCO1. The summed E-state index contributed by atoms with van der Waals surface area (Å²) in [5.74, 6) is -0.249. The molecule has 0 bridgehead atoms. The first kappa shape index (κ1) is 12.8. The maximum atomic E-state index is 13.5. The number of aliphatic hydroxyl groups excluding tert-OH is 1. The highest BCUT2D eigenvalue weighted by atomic mass is 35.5. The van der Waals surface area contributed by atoms with Crippen molar-refractivity contribution < 1.29 is 14.2 Å². The van der Waals surface area contributed by atoms with E-state index in [4.69, 9.17) is 21.4 Å². The Bertz CT molecular complexity index is 389. The summed E-state index contributed by atoms with van der Waals surface area (Å²) in [7, 11) is 0. The molecule has 5 heteroatoms. The summed E-state index contributed by atoms with van der Waals surface area (Å²) >= 11 is 5.84. The molecule has 0 aliphatic carbocycles. The van der Waals surface area contributed by atoms with Gasteiger partial charge in [-0.2, -0.15) is 0 Å². The zero-order valence-corrected chi connectivity index (χ0v) is 10.2. The number of hydrogen-bond donors (Lipinski definition) is 1. The van der Waals surface area contributed by atoms with E-state index in [9.17, 15) is 4.39 Å². The van der Waals surface area contributed by atoms with Crippen LogP contribution in [-0.2, 0) is 11.3 Å². The second-order valence-corrected chi connectivity index (χ2v) is 4.58. The minimum atomic E-state index is -0.249. The van der Waals surface area contributed by atoms with Crippen LogP contribution in [0.3, 0.4) is 0 Å². The molecular formula is C12H15ClFNO2. The van der Waals surface area contributed by atoms with Gasteiger partial charge in [0, 0.05) is 30.2 Å². The number of hydrogen-bond acceptors (Lipinski definition) is 3. The molecule has 1 heterocycles. The van der Waals surface area contributed by atoms with Crippen LogP contribution in [0.25, 0.3) is 0 Å². The standard InChI is InChI=1S/C12H15ClFNO2/c13-10-1-2-12(14)9(5-10)6-15-3-4-17-11(7-15)8-16/h1-2,5,11,16H,3-4,6-8H2. The van der Waals surface area contributed by atoms with Crippen LogP contribution in [0.2, 0.25) is 5.02 Å². The Morgan fingerprint density at radius 3 is 3.12 bits per heavy atom. The summed E-state index contributed by atoms with van der Waals surface area (Å²) in [6.07, 6.45) is -0.175. The molecule has 0 aromatic heterocycles.